The highest BCUT2D eigenvalue weighted by Gasteiger charge is 2.32. The molecule has 0 aliphatic carbocycles. The molecule has 0 bridgehead atoms. The molecule has 3 rings (SSSR count). The number of hydrogen-bond acceptors (Lipinski definition) is 5. The number of aromatic nitrogens is 2. The van der Waals surface area contributed by atoms with E-state index in [1.807, 2.05) is 0 Å². The Balaban J connectivity index is 1.79. The van der Waals surface area contributed by atoms with Gasteiger partial charge >= 0.3 is 0 Å². The molecule has 1 aliphatic rings. The minimum atomic E-state index is -4.15. The van der Waals surface area contributed by atoms with Crippen LogP contribution in [0.3, 0.4) is 0 Å². The van der Waals surface area contributed by atoms with Crippen molar-refractivity contribution >= 4 is 15.9 Å². The molecular formula is C16H18F2N4O4S. The van der Waals surface area contributed by atoms with Crippen LogP contribution in [0, 0.1) is 11.6 Å². The molecule has 0 atom stereocenters. The standard InChI is InChI=1S/C16H18F2N4O4S/c1-26-7-4-19-16(23)14-9-12-10-21(5-6-22(12)20-14)27(24,25)15-3-2-11(17)8-13(15)18/h2-3,8-9H,4-7,10H2,1H3,(H,19,23). The number of methoxy groups -OCH3 is 1. The average molecular weight is 400 g/mol. The van der Waals surface area contributed by atoms with E-state index in [-0.39, 0.29) is 25.3 Å². The van der Waals surface area contributed by atoms with Crippen LogP contribution in [-0.2, 0) is 27.8 Å². The molecule has 0 fully saturated rings. The quantitative estimate of drug-likeness (QED) is 0.722. The first-order valence-electron chi connectivity index (χ1n) is 8.12. The summed E-state index contributed by atoms with van der Waals surface area (Å²) >= 11 is 0. The van der Waals surface area contributed by atoms with E-state index in [0.717, 1.165) is 16.4 Å². The van der Waals surface area contributed by atoms with E-state index >= 15 is 0 Å². The molecule has 2 aromatic rings. The lowest BCUT2D eigenvalue weighted by atomic mass is 10.3. The zero-order valence-electron chi connectivity index (χ0n) is 14.5. The maximum Gasteiger partial charge on any atom is 0.271 e. The Morgan fingerprint density at radius 1 is 1.30 bits per heavy atom. The number of ether oxygens (including phenoxy) is 1. The van der Waals surface area contributed by atoms with Gasteiger partial charge in [-0.2, -0.15) is 9.40 Å². The molecule has 1 aliphatic heterocycles. The highest BCUT2D eigenvalue weighted by atomic mass is 32.2. The molecule has 1 N–H and O–H groups in total. The summed E-state index contributed by atoms with van der Waals surface area (Å²) in [6.45, 7) is 0.870. The molecular weight excluding hydrogens is 382 g/mol. The zero-order chi connectivity index (χ0) is 19.6. The van der Waals surface area contributed by atoms with E-state index in [9.17, 15) is 22.0 Å². The number of fused-ring (bicyclic) bond motifs is 1. The van der Waals surface area contributed by atoms with Crippen molar-refractivity contribution < 1.29 is 26.7 Å². The fourth-order valence-electron chi connectivity index (χ4n) is 2.74. The fraction of sp³-hybridized carbons (Fsp3) is 0.375. The Bertz CT molecular complexity index is 961. The molecule has 8 nitrogen and oxygen atoms in total. The first kappa shape index (κ1) is 19.4. The third-order valence-corrected chi connectivity index (χ3v) is 5.98. The third kappa shape index (κ3) is 3.99. The number of nitrogens with one attached hydrogen (secondary N) is 1. The molecule has 1 amide bonds. The van der Waals surface area contributed by atoms with Gasteiger partial charge in [-0.05, 0) is 18.2 Å². The van der Waals surface area contributed by atoms with Gasteiger partial charge in [-0.25, -0.2) is 17.2 Å². The molecule has 27 heavy (non-hydrogen) atoms. The van der Waals surface area contributed by atoms with E-state index in [1.165, 1.54) is 17.9 Å². The minimum Gasteiger partial charge on any atom is -0.383 e. The largest absolute Gasteiger partial charge is 0.383 e. The van der Waals surface area contributed by atoms with E-state index in [4.69, 9.17) is 4.74 Å². The van der Waals surface area contributed by atoms with Gasteiger partial charge in [0.1, 0.15) is 22.2 Å². The van der Waals surface area contributed by atoms with Gasteiger partial charge in [0.05, 0.1) is 25.4 Å². The number of rotatable bonds is 6. The Morgan fingerprint density at radius 2 is 2.07 bits per heavy atom. The predicted octanol–water partition coefficient (Wildman–Crippen LogP) is 0.742. The maximum atomic E-state index is 13.9. The SMILES string of the molecule is COCCNC(=O)c1cc2n(n1)CCN(S(=O)(=O)c1ccc(F)cc1F)C2. The van der Waals surface area contributed by atoms with Crippen LogP contribution in [0.15, 0.2) is 29.2 Å². The van der Waals surface area contributed by atoms with Crippen LogP contribution in [0.4, 0.5) is 8.78 Å². The molecule has 146 valence electrons. The molecule has 1 aromatic heterocycles. The number of hydrogen-bond donors (Lipinski definition) is 1. The molecule has 0 saturated heterocycles. The van der Waals surface area contributed by atoms with Gasteiger partial charge in [0.15, 0.2) is 0 Å². The highest BCUT2D eigenvalue weighted by Crippen LogP contribution is 2.24. The topological polar surface area (TPSA) is 93.5 Å². The molecule has 0 unspecified atom stereocenters. The third-order valence-electron chi connectivity index (χ3n) is 4.10. The average Bonchev–Trinajstić information content (AvgIpc) is 3.05. The predicted molar refractivity (Wildman–Crippen MR) is 90.4 cm³/mol. The van der Waals surface area contributed by atoms with Crippen LogP contribution in [0.25, 0.3) is 0 Å². The Kier molecular flexibility index (Phi) is 5.53. The van der Waals surface area contributed by atoms with E-state index in [2.05, 4.69) is 10.4 Å². The number of nitrogens with zero attached hydrogens (tertiary/aromatic N) is 3. The second-order valence-electron chi connectivity index (χ2n) is 5.91. The Hall–Kier alpha value is -2.37. The first-order chi connectivity index (χ1) is 12.8. The second-order valence-corrected chi connectivity index (χ2v) is 7.81. The second kappa shape index (κ2) is 7.71. The summed E-state index contributed by atoms with van der Waals surface area (Å²) in [4.78, 5) is 11.5. The number of carbonyl (C=O) groups excluding carboxylic acids is 1. The van der Waals surface area contributed by atoms with Crippen molar-refractivity contribution in [3.05, 3.63) is 47.3 Å². The summed E-state index contributed by atoms with van der Waals surface area (Å²) in [5.41, 5.74) is 0.664. The summed E-state index contributed by atoms with van der Waals surface area (Å²) in [5, 5.41) is 6.80. The van der Waals surface area contributed by atoms with Crippen molar-refractivity contribution in [3.63, 3.8) is 0 Å². The number of carbonyl (C=O) groups is 1. The van der Waals surface area contributed by atoms with Gasteiger partial charge < -0.3 is 10.1 Å². The van der Waals surface area contributed by atoms with Crippen LogP contribution in [-0.4, -0.2) is 55.2 Å². The lowest BCUT2D eigenvalue weighted by Gasteiger charge is -2.27. The number of sulfonamides is 1. The summed E-state index contributed by atoms with van der Waals surface area (Å²) in [5.74, 6) is -2.40. The first-order valence-corrected chi connectivity index (χ1v) is 9.56. The smallest absolute Gasteiger partial charge is 0.271 e. The van der Waals surface area contributed by atoms with Gasteiger partial charge in [-0.3, -0.25) is 9.48 Å². The lowest BCUT2D eigenvalue weighted by molar-refractivity contribution is 0.0931. The number of amides is 1. The summed E-state index contributed by atoms with van der Waals surface area (Å²) in [6, 6.07) is 3.82. The van der Waals surface area contributed by atoms with Crippen LogP contribution in [0.1, 0.15) is 16.2 Å². The highest BCUT2D eigenvalue weighted by molar-refractivity contribution is 7.89. The summed E-state index contributed by atoms with van der Waals surface area (Å²) < 4.78 is 59.8. The van der Waals surface area contributed by atoms with Crippen molar-refractivity contribution in [2.45, 2.75) is 18.0 Å². The minimum absolute atomic E-state index is 0.0541. The van der Waals surface area contributed by atoms with Crippen molar-refractivity contribution in [1.29, 1.82) is 0 Å². The van der Waals surface area contributed by atoms with Crippen molar-refractivity contribution in [1.82, 2.24) is 19.4 Å². The normalized spacial score (nSPS) is 14.8. The van der Waals surface area contributed by atoms with Gasteiger partial charge in [-0.15, -0.1) is 0 Å². The lowest BCUT2D eigenvalue weighted by Crippen LogP contribution is -2.38. The summed E-state index contributed by atoms with van der Waals surface area (Å²) in [6.07, 6.45) is 0. The molecule has 0 spiro atoms. The number of halogens is 2. The number of benzene rings is 1. The van der Waals surface area contributed by atoms with Gasteiger partial charge in [0, 0.05) is 26.3 Å². The van der Waals surface area contributed by atoms with Crippen LogP contribution in [0.2, 0.25) is 0 Å². The van der Waals surface area contributed by atoms with Gasteiger partial charge in [0.25, 0.3) is 5.91 Å². The van der Waals surface area contributed by atoms with E-state index in [0.29, 0.717) is 24.9 Å². The fourth-order valence-corrected chi connectivity index (χ4v) is 4.19. The molecule has 0 radical (unpaired) electrons. The van der Waals surface area contributed by atoms with E-state index < -0.39 is 32.5 Å². The van der Waals surface area contributed by atoms with Crippen molar-refractivity contribution in [2.24, 2.45) is 0 Å². The summed E-state index contributed by atoms with van der Waals surface area (Å²) in [7, 11) is -2.63. The Morgan fingerprint density at radius 3 is 2.78 bits per heavy atom. The molecule has 0 saturated carbocycles. The Labute approximate surface area is 154 Å². The van der Waals surface area contributed by atoms with Crippen molar-refractivity contribution in [3.8, 4) is 0 Å². The molecule has 1 aromatic carbocycles. The van der Waals surface area contributed by atoms with Crippen molar-refractivity contribution in [2.75, 3.05) is 26.8 Å². The van der Waals surface area contributed by atoms with Crippen LogP contribution < -0.4 is 5.32 Å². The van der Waals surface area contributed by atoms with E-state index in [1.54, 1.807) is 0 Å². The maximum absolute atomic E-state index is 13.9. The van der Waals surface area contributed by atoms with Crippen LogP contribution in [0.5, 0.6) is 0 Å². The molecule has 11 heteroatoms. The van der Waals surface area contributed by atoms with Gasteiger partial charge in [0.2, 0.25) is 10.0 Å². The zero-order valence-corrected chi connectivity index (χ0v) is 15.3. The molecule has 2 heterocycles. The monoisotopic (exact) mass is 400 g/mol. The van der Waals surface area contributed by atoms with Crippen LogP contribution >= 0.6 is 0 Å². The van der Waals surface area contributed by atoms with Gasteiger partial charge in [-0.1, -0.05) is 0 Å².